The molecule has 0 spiro atoms. The molecule has 188 valence electrons. The Morgan fingerprint density at radius 1 is 0.917 bits per heavy atom. The van der Waals surface area contributed by atoms with E-state index in [1.54, 1.807) is 36.4 Å². The number of halogens is 2. The quantitative estimate of drug-likeness (QED) is 0.406. The number of amides is 2. The minimum atomic E-state index is -0.987. The lowest BCUT2D eigenvalue weighted by Crippen LogP contribution is -2.47. The van der Waals surface area contributed by atoms with Gasteiger partial charge < -0.3 is 15.7 Å². The van der Waals surface area contributed by atoms with E-state index in [0.29, 0.717) is 34.3 Å². The third kappa shape index (κ3) is 6.10. The molecule has 1 heterocycles. The summed E-state index contributed by atoms with van der Waals surface area (Å²) in [6.45, 7) is 4.61. The summed E-state index contributed by atoms with van der Waals surface area (Å²) in [5.41, 5.74) is 9.09. The van der Waals surface area contributed by atoms with Gasteiger partial charge in [-0.2, -0.15) is 0 Å². The van der Waals surface area contributed by atoms with E-state index in [-0.39, 0.29) is 0 Å². The van der Waals surface area contributed by atoms with Gasteiger partial charge in [-0.15, -0.1) is 0 Å². The van der Waals surface area contributed by atoms with E-state index in [9.17, 15) is 14.7 Å². The first kappa shape index (κ1) is 25.8. The summed E-state index contributed by atoms with van der Waals surface area (Å²) in [4.78, 5) is 29.3. The first-order chi connectivity index (χ1) is 17.3. The van der Waals surface area contributed by atoms with Crippen molar-refractivity contribution in [1.29, 1.82) is 0 Å². The summed E-state index contributed by atoms with van der Waals surface area (Å²) in [5.74, 6) is -0.486. The maximum Gasteiger partial charge on any atom is 0.411 e. The molecule has 0 bridgehead atoms. The SMILES string of the molecule is NC(=O)c1cccc(-c2ccc(N(CCCN3CCN(c4cccc(Cl)c4Cl)CC3)C(=O)O)cc2)c1. The fourth-order valence-corrected chi connectivity index (χ4v) is 4.84. The molecule has 0 aromatic heterocycles. The number of rotatable bonds is 8. The second-order valence-corrected chi connectivity index (χ2v) is 9.47. The van der Waals surface area contributed by atoms with Crippen LogP contribution in [0.2, 0.25) is 10.0 Å². The molecule has 36 heavy (non-hydrogen) atoms. The number of primary amides is 1. The number of piperazine rings is 1. The third-order valence-electron chi connectivity index (χ3n) is 6.39. The number of benzene rings is 3. The molecule has 3 aromatic rings. The van der Waals surface area contributed by atoms with Crippen LogP contribution in [0, 0.1) is 0 Å². The van der Waals surface area contributed by atoms with E-state index in [0.717, 1.165) is 49.5 Å². The van der Waals surface area contributed by atoms with Gasteiger partial charge in [0, 0.05) is 44.0 Å². The zero-order chi connectivity index (χ0) is 25.7. The number of anilines is 2. The molecule has 0 radical (unpaired) electrons. The van der Waals surface area contributed by atoms with Gasteiger partial charge in [0.15, 0.2) is 0 Å². The van der Waals surface area contributed by atoms with Crippen molar-refractivity contribution in [3.05, 3.63) is 82.3 Å². The van der Waals surface area contributed by atoms with Crippen LogP contribution in [0.3, 0.4) is 0 Å². The standard InChI is InChI=1S/C27H28Cl2N4O3/c28-23-6-2-7-24(25(23)29)32-16-14-31(15-17-32)12-3-13-33(27(35)36)22-10-8-19(9-11-22)20-4-1-5-21(18-20)26(30)34/h1-2,4-11,18H,3,12-17H2,(H2,30,34)(H,35,36). The predicted octanol–water partition coefficient (Wildman–Crippen LogP) is 5.46. The number of nitrogens with zero attached hydrogens (tertiary/aromatic N) is 3. The van der Waals surface area contributed by atoms with E-state index in [4.69, 9.17) is 28.9 Å². The normalized spacial score (nSPS) is 14.0. The molecule has 3 N–H and O–H groups in total. The van der Waals surface area contributed by atoms with E-state index in [1.165, 1.54) is 4.90 Å². The first-order valence-electron chi connectivity index (χ1n) is 11.8. The lowest BCUT2D eigenvalue weighted by Gasteiger charge is -2.36. The van der Waals surface area contributed by atoms with Crippen molar-refractivity contribution in [3.63, 3.8) is 0 Å². The van der Waals surface area contributed by atoms with Crippen LogP contribution in [-0.2, 0) is 0 Å². The van der Waals surface area contributed by atoms with Crippen LogP contribution in [-0.4, -0.2) is 61.3 Å². The number of carboxylic acid groups (broad SMARTS) is 1. The van der Waals surface area contributed by atoms with Crippen molar-refractivity contribution < 1.29 is 14.7 Å². The Balaban J connectivity index is 1.31. The minimum Gasteiger partial charge on any atom is -0.465 e. The van der Waals surface area contributed by atoms with Crippen molar-refractivity contribution in [3.8, 4) is 11.1 Å². The molecule has 1 fully saturated rings. The van der Waals surface area contributed by atoms with Crippen LogP contribution < -0.4 is 15.5 Å². The summed E-state index contributed by atoms with van der Waals surface area (Å²) in [5, 5.41) is 10.9. The van der Waals surface area contributed by atoms with Gasteiger partial charge >= 0.3 is 6.09 Å². The highest BCUT2D eigenvalue weighted by Crippen LogP contribution is 2.33. The van der Waals surface area contributed by atoms with Gasteiger partial charge in [-0.1, -0.05) is 53.5 Å². The Hall–Kier alpha value is -3.26. The number of carbonyl (C=O) groups is 2. The number of hydrogen-bond donors (Lipinski definition) is 2. The summed E-state index contributed by atoms with van der Waals surface area (Å²) >= 11 is 12.5. The average Bonchev–Trinajstić information content (AvgIpc) is 2.89. The molecule has 0 aliphatic carbocycles. The smallest absolute Gasteiger partial charge is 0.411 e. The van der Waals surface area contributed by atoms with Gasteiger partial charge in [0.1, 0.15) is 0 Å². The van der Waals surface area contributed by atoms with Gasteiger partial charge in [0.05, 0.1) is 15.7 Å². The van der Waals surface area contributed by atoms with E-state index < -0.39 is 12.0 Å². The molecule has 1 aliphatic rings. The molecule has 1 aliphatic heterocycles. The third-order valence-corrected chi connectivity index (χ3v) is 7.20. The second kappa shape index (κ2) is 11.6. The molecule has 0 atom stereocenters. The molecule has 7 nitrogen and oxygen atoms in total. The Labute approximate surface area is 220 Å². The van der Waals surface area contributed by atoms with Crippen LogP contribution in [0.15, 0.2) is 66.7 Å². The second-order valence-electron chi connectivity index (χ2n) is 8.68. The monoisotopic (exact) mass is 526 g/mol. The molecule has 2 amide bonds. The molecule has 9 heteroatoms. The van der Waals surface area contributed by atoms with E-state index in [2.05, 4.69) is 9.80 Å². The Bertz CT molecular complexity index is 1230. The van der Waals surface area contributed by atoms with Gasteiger partial charge in [-0.05, 0) is 60.5 Å². The first-order valence-corrected chi connectivity index (χ1v) is 12.5. The fraction of sp³-hybridized carbons (Fsp3) is 0.259. The van der Waals surface area contributed by atoms with Crippen molar-refractivity contribution >= 4 is 46.6 Å². The maximum absolute atomic E-state index is 11.9. The van der Waals surface area contributed by atoms with E-state index in [1.807, 2.05) is 30.3 Å². The van der Waals surface area contributed by atoms with Crippen LogP contribution >= 0.6 is 23.2 Å². The zero-order valence-corrected chi connectivity index (χ0v) is 21.3. The largest absolute Gasteiger partial charge is 0.465 e. The molecule has 0 saturated carbocycles. The summed E-state index contributed by atoms with van der Waals surface area (Å²) < 4.78 is 0. The van der Waals surface area contributed by atoms with E-state index >= 15 is 0 Å². The fourth-order valence-electron chi connectivity index (χ4n) is 4.42. The van der Waals surface area contributed by atoms with Gasteiger partial charge in [-0.25, -0.2) is 4.79 Å². The number of carbonyl (C=O) groups excluding carboxylic acids is 1. The topological polar surface area (TPSA) is 90.1 Å². The van der Waals surface area contributed by atoms with Gasteiger partial charge in [-0.3, -0.25) is 14.6 Å². The highest BCUT2D eigenvalue weighted by atomic mass is 35.5. The van der Waals surface area contributed by atoms with Crippen molar-refractivity contribution in [2.75, 3.05) is 49.1 Å². The highest BCUT2D eigenvalue weighted by molar-refractivity contribution is 6.43. The van der Waals surface area contributed by atoms with Gasteiger partial charge in [0.25, 0.3) is 0 Å². The van der Waals surface area contributed by atoms with Gasteiger partial charge in [0.2, 0.25) is 5.91 Å². The van der Waals surface area contributed by atoms with Crippen molar-refractivity contribution in [2.24, 2.45) is 5.73 Å². The average molecular weight is 527 g/mol. The summed E-state index contributed by atoms with van der Waals surface area (Å²) in [6, 6.07) is 20.0. The van der Waals surface area contributed by atoms with Crippen LogP contribution in [0.25, 0.3) is 11.1 Å². The van der Waals surface area contributed by atoms with Crippen LogP contribution in [0.4, 0.5) is 16.2 Å². The molecule has 0 unspecified atom stereocenters. The molecular weight excluding hydrogens is 499 g/mol. The Morgan fingerprint density at radius 2 is 1.61 bits per heavy atom. The molecule has 3 aromatic carbocycles. The van der Waals surface area contributed by atoms with Crippen LogP contribution in [0.5, 0.6) is 0 Å². The Kier molecular flexibility index (Phi) is 8.36. The lowest BCUT2D eigenvalue weighted by molar-refractivity contribution is 0.1000. The summed E-state index contributed by atoms with van der Waals surface area (Å²) in [7, 11) is 0. The van der Waals surface area contributed by atoms with Crippen molar-refractivity contribution in [1.82, 2.24) is 4.90 Å². The lowest BCUT2D eigenvalue weighted by atomic mass is 10.0. The number of nitrogens with two attached hydrogens (primary N) is 1. The van der Waals surface area contributed by atoms with Crippen LogP contribution in [0.1, 0.15) is 16.8 Å². The number of hydrogen-bond acceptors (Lipinski definition) is 4. The maximum atomic E-state index is 11.9. The molecule has 4 rings (SSSR count). The Morgan fingerprint density at radius 3 is 2.28 bits per heavy atom. The predicted molar refractivity (Wildman–Crippen MR) is 145 cm³/mol. The van der Waals surface area contributed by atoms with Crippen molar-refractivity contribution in [2.45, 2.75) is 6.42 Å². The minimum absolute atomic E-state index is 0.395. The molecule has 1 saturated heterocycles. The summed E-state index contributed by atoms with van der Waals surface area (Å²) in [6.07, 6.45) is -0.272. The zero-order valence-electron chi connectivity index (χ0n) is 19.7. The molecular formula is C27H28Cl2N4O3. The highest BCUT2D eigenvalue weighted by Gasteiger charge is 2.21.